The molecule has 2 aromatic rings. The number of piperidine rings is 3. The molecule has 3 saturated heterocycles. The third kappa shape index (κ3) is 1.53. The van der Waals surface area contributed by atoms with E-state index < -0.39 is 0 Å². The first kappa shape index (κ1) is 12.1. The van der Waals surface area contributed by atoms with Crippen LogP contribution < -0.4 is 4.74 Å². The highest BCUT2D eigenvalue weighted by Crippen LogP contribution is 2.46. The van der Waals surface area contributed by atoms with Gasteiger partial charge in [0.1, 0.15) is 0 Å². The lowest BCUT2D eigenvalue weighted by atomic mass is 9.71. The van der Waals surface area contributed by atoms with Gasteiger partial charge in [0.05, 0.1) is 24.1 Å². The predicted octanol–water partition coefficient (Wildman–Crippen LogP) is 1.80. The Morgan fingerprint density at radius 3 is 2.95 bits per heavy atom. The third-order valence-corrected chi connectivity index (χ3v) is 5.76. The number of benzene rings is 1. The number of hydrogen-bond acceptors (Lipinski definition) is 2. The summed E-state index contributed by atoms with van der Waals surface area (Å²) < 4.78 is 9.35. The van der Waals surface area contributed by atoms with Crippen molar-refractivity contribution in [1.29, 1.82) is 0 Å². The quantitative estimate of drug-likeness (QED) is 0.688. The van der Waals surface area contributed by atoms with Crippen molar-refractivity contribution in [3.63, 3.8) is 0 Å². The molecule has 1 atom stereocenters. The molecule has 0 N–H and O–H groups in total. The van der Waals surface area contributed by atoms with Gasteiger partial charge in [0.25, 0.3) is 6.01 Å². The number of nitrogens with zero attached hydrogens (tertiary/aromatic N) is 3. The Labute approximate surface area is 125 Å². The second-order valence-electron chi connectivity index (χ2n) is 7.24. The zero-order valence-corrected chi connectivity index (χ0v) is 12.4. The van der Waals surface area contributed by atoms with E-state index in [-0.39, 0.29) is 5.60 Å². The fourth-order valence-electron chi connectivity index (χ4n) is 4.65. The first-order valence-corrected chi connectivity index (χ1v) is 7.88. The lowest BCUT2D eigenvalue weighted by Crippen LogP contribution is -2.69. The summed E-state index contributed by atoms with van der Waals surface area (Å²) in [6, 6.07) is 7.19. The number of hydrogen-bond donors (Lipinski definition) is 0. The number of rotatable bonds is 0. The van der Waals surface area contributed by atoms with E-state index in [1.807, 2.05) is 0 Å². The monoisotopic (exact) mass is 280 g/mol. The Hall–Kier alpha value is -1.49. The van der Waals surface area contributed by atoms with E-state index >= 15 is 0 Å². The molecule has 2 bridgehead atoms. The number of aromatic nitrogens is 2. The smallest absolute Gasteiger partial charge is 0.298 e. The zero-order valence-electron chi connectivity index (χ0n) is 12.4. The Bertz CT molecular complexity index is 747. The highest BCUT2D eigenvalue weighted by molar-refractivity contribution is 5.97. The van der Waals surface area contributed by atoms with Crippen molar-refractivity contribution >= 4 is 19.0 Å². The van der Waals surface area contributed by atoms with Crippen LogP contribution in [-0.4, -0.2) is 47.2 Å². The normalized spacial score (nSPS) is 37.1. The van der Waals surface area contributed by atoms with Gasteiger partial charge in [-0.3, -0.25) is 4.57 Å². The van der Waals surface area contributed by atoms with Gasteiger partial charge in [-0.15, -0.1) is 0 Å². The standard InChI is InChI=1S/C16H19BN3O/c1-11-2-3-13-14(8-11)19-9-16(21-15(19)18-13)10-20(17)6-4-12(16)5-7-20/h2-3,8,12H,4-7,9-10H2,1H3. The molecule has 0 saturated carbocycles. The van der Waals surface area contributed by atoms with Crippen LogP contribution in [-0.2, 0) is 6.54 Å². The Morgan fingerprint density at radius 1 is 1.38 bits per heavy atom. The minimum atomic E-state index is -0.120. The maximum Gasteiger partial charge on any atom is 0.298 e. The lowest BCUT2D eigenvalue weighted by Gasteiger charge is -2.64. The van der Waals surface area contributed by atoms with E-state index in [9.17, 15) is 0 Å². The van der Waals surface area contributed by atoms with E-state index in [1.54, 1.807) is 0 Å². The maximum atomic E-state index is 6.52. The molecule has 1 spiro atoms. The maximum absolute atomic E-state index is 6.52. The van der Waals surface area contributed by atoms with Gasteiger partial charge in [-0.25, -0.2) is 7.98 Å². The summed E-state index contributed by atoms with van der Waals surface area (Å²) in [4.78, 5) is 4.68. The number of quaternary nitrogens is 1. The van der Waals surface area contributed by atoms with E-state index in [1.165, 1.54) is 23.9 Å². The van der Waals surface area contributed by atoms with Gasteiger partial charge < -0.3 is 9.13 Å². The SMILES string of the molecule is [B-][N+]12CCC(CC1)C1(Cn3c(nc4ccc(C)cc43)O1)C2. The summed E-state index contributed by atoms with van der Waals surface area (Å²) in [5.41, 5.74) is 3.37. The molecule has 21 heavy (non-hydrogen) atoms. The van der Waals surface area contributed by atoms with Crippen LogP contribution in [0.15, 0.2) is 18.2 Å². The Morgan fingerprint density at radius 2 is 2.19 bits per heavy atom. The van der Waals surface area contributed by atoms with E-state index in [4.69, 9.17) is 12.7 Å². The molecule has 4 aliphatic heterocycles. The molecular formula is C16H19BN3O. The molecule has 5 heterocycles. The van der Waals surface area contributed by atoms with Gasteiger partial charge in [-0.05, 0) is 37.5 Å². The molecule has 1 aromatic carbocycles. The summed E-state index contributed by atoms with van der Waals surface area (Å²) in [5.74, 6) is 0.627. The largest absolute Gasteiger partial charge is 0.585 e. The van der Waals surface area contributed by atoms with Crippen LogP contribution in [0.5, 0.6) is 6.01 Å². The number of aryl methyl sites for hydroxylation is 1. The molecule has 3 radical (unpaired) electrons. The summed E-state index contributed by atoms with van der Waals surface area (Å²) in [5, 5.41) is 0. The van der Waals surface area contributed by atoms with Crippen molar-refractivity contribution in [3.05, 3.63) is 23.8 Å². The molecule has 1 unspecified atom stereocenters. The van der Waals surface area contributed by atoms with Crippen molar-refractivity contribution in [2.24, 2.45) is 5.92 Å². The average molecular weight is 280 g/mol. The van der Waals surface area contributed by atoms with Crippen LogP contribution in [0.2, 0.25) is 0 Å². The fraction of sp³-hybridized carbons (Fsp3) is 0.562. The second kappa shape index (κ2) is 3.64. The number of imidazole rings is 1. The first-order chi connectivity index (χ1) is 10.1. The van der Waals surface area contributed by atoms with Crippen LogP contribution in [0.1, 0.15) is 18.4 Å². The van der Waals surface area contributed by atoms with E-state index in [2.05, 4.69) is 34.7 Å². The molecule has 3 fully saturated rings. The Kier molecular flexibility index (Phi) is 2.10. The van der Waals surface area contributed by atoms with Crippen LogP contribution in [0.25, 0.3) is 11.0 Å². The van der Waals surface area contributed by atoms with E-state index in [0.717, 1.165) is 37.7 Å². The van der Waals surface area contributed by atoms with Crippen LogP contribution in [0.3, 0.4) is 0 Å². The number of ether oxygens (including phenoxy) is 1. The summed E-state index contributed by atoms with van der Waals surface area (Å²) in [7, 11) is 6.52. The van der Waals surface area contributed by atoms with Crippen molar-refractivity contribution in [1.82, 2.24) is 9.55 Å². The van der Waals surface area contributed by atoms with Gasteiger partial charge in [-0.2, -0.15) is 4.98 Å². The first-order valence-electron chi connectivity index (χ1n) is 7.88. The zero-order chi connectivity index (χ0) is 14.2. The van der Waals surface area contributed by atoms with Gasteiger partial charge >= 0.3 is 0 Å². The molecule has 4 nitrogen and oxygen atoms in total. The van der Waals surface area contributed by atoms with Gasteiger partial charge in [0, 0.05) is 19.0 Å². The van der Waals surface area contributed by atoms with E-state index in [0.29, 0.717) is 10.3 Å². The van der Waals surface area contributed by atoms with Crippen molar-refractivity contribution < 1.29 is 9.13 Å². The van der Waals surface area contributed by atoms with Crippen LogP contribution in [0, 0.1) is 12.8 Å². The minimum absolute atomic E-state index is 0.120. The predicted molar refractivity (Wildman–Crippen MR) is 81.2 cm³/mol. The molecule has 4 aliphatic rings. The molecular weight excluding hydrogens is 261 g/mol. The molecule has 107 valence electrons. The highest BCUT2D eigenvalue weighted by Gasteiger charge is 2.55. The minimum Gasteiger partial charge on any atom is -0.585 e. The fourth-order valence-corrected chi connectivity index (χ4v) is 4.65. The Balaban J connectivity index is 1.60. The second-order valence-corrected chi connectivity index (χ2v) is 7.24. The molecule has 5 heteroatoms. The molecule has 0 amide bonds. The van der Waals surface area contributed by atoms with Gasteiger partial charge in [0.2, 0.25) is 0 Å². The molecule has 1 aromatic heterocycles. The summed E-state index contributed by atoms with van der Waals surface area (Å²) in [6.07, 6.45) is 2.36. The average Bonchev–Trinajstić information content (AvgIpc) is 2.93. The van der Waals surface area contributed by atoms with Gasteiger partial charge in [0.15, 0.2) is 5.60 Å². The van der Waals surface area contributed by atoms with Crippen molar-refractivity contribution in [2.75, 3.05) is 19.6 Å². The molecule has 0 aliphatic carbocycles. The highest BCUT2D eigenvalue weighted by atomic mass is 16.5. The van der Waals surface area contributed by atoms with Crippen LogP contribution >= 0.6 is 0 Å². The summed E-state index contributed by atoms with van der Waals surface area (Å²) in [6.45, 7) is 6.15. The van der Waals surface area contributed by atoms with Crippen LogP contribution in [0.4, 0.5) is 0 Å². The molecule has 6 rings (SSSR count). The third-order valence-electron chi connectivity index (χ3n) is 5.76. The van der Waals surface area contributed by atoms with Gasteiger partial charge in [-0.1, -0.05) is 6.07 Å². The summed E-state index contributed by atoms with van der Waals surface area (Å²) >= 11 is 0. The topological polar surface area (TPSA) is 27.1 Å². The number of fused-ring (bicyclic) bond motifs is 5. The van der Waals surface area contributed by atoms with Crippen molar-refractivity contribution in [3.8, 4) is 6.01 Å². The van der Waals surface area contributed by atoms with Crippen molar-refractivity contribution in [2.45, 2.75) is 31.9 Å². The lowest BCUT2D eigenvalue weighted by molar-refractivity contribution is -0.845.